The van der Waals surface area contributed by atoms with Crippen molar-refractivity contribution in [3.8, 4) is 5.75 Å². The van der Waals surface area contributed by atoms with Gasteiger partial charge in [-0.1, -0.05) is 53.7 Å². The summed E-state index contributed by atoms with van der Waals surface area (Å²) in [6.45, 7) is 14.3. The van der Waals surface area contributed by atoms with E-state index in [2.05, 4.69) is 41.5 Å². The molecule has 0 spiro atoms. The summed E-state index contributed by atoms with van der Waals surface area (Å²) in [4.78, 5) is 0. The molecule has 0 fully saturated rings. The summed E-state index contributed by atoms with van der Waals surface area (Å²) in [5, 5.41) is 20.0. The third-order valence-electron chi connectivity index (χ3n) is 3.32. The summed E-state index contributed by atoms with van der Waals surface area (Å²) in [5.74, 6) is 0.388. The van der Waals surface area contributed by atoms with E-state index >= 15 is 0 Å². The van der Waals surface area contributed by atoms with Crippen molar-refractivity contribution in [2.24, 2.45) is 0 Å². The van der Waals surface area contributed by atoms with Gasteiger partial charge in [-0.2, -0.15) is 0 Å². The number of hydrogen-bond acceptors (Lipinski definition) is 2. The zero-order valence-electron chi connectivity index (χ0n) is 13.8. The smallest absolute Gasteiger partial charge is 0.123 e. The molecule has 2 nitrogen and oxygen atoms in total. The molecule has 1 aromatic rings. The van der Waals surface area contributed by atoms with Crippen molar-refractivity contribution in [2.75, 3.05) is 0 Å². The fourth-order valence-electron chi connectivity index (χ4n) is 2.15. The summed E-state index contributed by atoms with van der Waals surface area (Å²) < 4.78 is 0. The second-order valence-corrected chi connectivity index (χ2v) is 7.56. The van der Waals surface area contributed by atoms with Crippen LogP contribution in [0.25, 0.3) is 6.08 Å². The van der Waals surface area contributed by atoms with E-state index in [-0.39, 0.29) is 10.8 Å². The number of phenols is 1. The van der Waals surface area contributed by atoms with Gasteiger partial charge in [-0.25, -0.2) is 0 Å². The van der Waals surface area contributed by atoms with Crippen LogP contribution >= 0.6 is 0 Å². The highest BCUT2D eigenvalue weighted by molar-refractivity contribution is 5.59. The second-order valence-electron chi connectivity index (χ2n) is 7.56. The largest absolute Gasteiger partial charge is 0.507 e. The Labute approximate surface area is 123 Å². The van der Waals surface area contributed by atoms with Crippen molar-refractivity contribution < 1.29 is 10.2 Å². The van der Waals surface area contributed by atoms with Crippen LogP contribution in [0.2, 0.25) is 0 Å². The Bertz CT molecular complexity index is 462. The van der Waals surface area contributed by atoms with Crippen molar-refractivity contribution >= 4 is 6.08 Å². The van der Waals surface area contributed by atoms with Gasteiger partial charge in [0.2, 0.25) is 0 Å². The van der Waals surface area contributed by atoms with Crippen LogP contribution in [0.1, 0.15) is 65.2 Å². The van der Waals surface area contributed by atoms with E-state index in [9.17, 15) is 10.2 Å². The lowest BCUT2D eigenvalue weighted by Gasteiger charge is -2.27. The van der Waals surface area contributed by atoms with Crippen LogP contribution in [0.15, 0.2) is 18.2 Å². The molecular weight excluding hydrogens is 248 g/mol. The maximum absolute atomic E-state index is 10.6. The molecule has 1 atom stereocenters. The molecule has 0 heterocycles. The van der Waals surface area contributed by atoms with E-state index in [0.29, 0.717) is 5.75 Å². The molecule has 0 aliphatic heterocycles. The van der Waals surface area contributed by atoms with Gasteiger partial charge in [0.25, 0.3) is 0 Å². The van der Waals surface area contributed by atoms with Crippen LogP contribution in [0.4, 0.5) is 0 Å². The Kier molecular flexibility index (Phi) is 4.70. The summed E-state index contributed by atoms with van der Waals surface area (Å²) in [6.07, 6.45) is 3.19. The summed E-state index contributed by atoms with van der Waals surface area (Å²) in [7, 11) is 0. The molecule has 1 rings (SSSR count). The zero-order chi connectivity index (χ0) is 15.7. The Morgan fingerprint density at radius 1 is 0.950 bits per heavy atom. The molecule has 2 N–H and O–H groups in total. The maximum atomic E-state index is 10.6. The molecule has 2 heteroatoms. The standard InChI is InChI=1S/C18H28O2/c1-12(19)8-9-13-10-14(17(2,3)4)16(20)15(11-13)18(5,6)7/h8-12,19-20H,1-7H3. The van der Waals surface area contributed by atoms with Gasteiger partial charge in [-0.3, -0.25) is 0 Å². The number of aromatic hydroxyl groups is 1. The van der Waals surface area contributed by atoms with Crippen LogP contribution in [0, 0.1) is 0 Å². The van der Waals surface area contributed by atoms with Gasteiger partial charge < -0.3 is 10.2 Å². The third kappa shape index (κ3) is 4.11. The molecule has 0 saturated carbocycles. The molecule has 0 bridgehead atoms. The molecule has 0 aromatic heterocycles. The highest BCUT2D eigenvalue weighted by Gasteiger charge is 2.26. The predicted molar refractivity (Wildman–Crippen MR) is 86.2 cm³/mol. The summed E-state index contributed by atoms with van der Waals surface area (Å²) in [5.41, 5.74) is 2.64. The average molecular weight is 276 g/mol. The quantitative estimate of drug-likeness (QED) is 0.841. The van der Waals surface area contributed by atoms with Gasteiger partial charge in [0.15, 0.2) is 0 Å². The molecule has 0 saturated heterocycles. The first-order chi connectivity index (χ1) is 8.93. The molecule has 1 aromatic carbocycles. The van der Waals surface area contributed by atoms with Crippen LogP contribution < -0.4 is 0 Å². The number of rotatable bonds is 2. The molecule has 0 aliphatic rings. The summed E-state index contributed by atoms with van der Waals surface area (Å²) >= 11 is 0. The molecule has 20 heavy (non-hydrogen) atoms. The van der Waals surface area contributed by atoms with E-state index in [1.165, 1.54) is 0 Å². The van der Waals surface area contributed by atoms with Gasteiger partial charge in [-0.15, -0.1) is 0 Å². The monoisotopic (exact) mass is 276 g/mol. The minimum Gasteiger partial charge on any atom is -0.507 e. The minimum absolute atomic E-state index is 0.126. The number of aliphatic hydroxyl groups excluding tert-OH is 1. The predicted octanol–water partition coefficient (Wildman–Crippen LogP) is 4.38. The first-order valence-corrected chi connectivity index (χ1v) is 7.17. The van der Waals surface area contributed by atoms with Crippen LogP contribution in [-0.2, 0) is 10.8 Å². The average Bonchev–Trinajstić information content (AvgIpc) is 2.24. The molecular formula is C18H28O2. The van der Waals surface area contributed by atoms with Gasteiger partial charge in [0.05, 0.1) is 6.10 Å². The lowest BCUT2D eigenvalue weighted by molar-refractivity contribution is 0.245. The third-order valence-corrected chi connectivity index (χ3v) is 3.32. The molecule has 0 amide bonds. The molecule has 112 valence electrons. The fourth-order valence-corrected chi connectivity index (χ4v) is 2.15. The topological polar surface area (TPSA) is 40.5 Å². The zero-order valence-corrected chi connectivity index (χ0v) is 13.8. The number of phenolic OH excluding ortho intramolecular Hbond substituents is 1. The Balaban J connectivity index is 3.50. The van der Waals surface area contributed by atoms with E-state index in [1.807, 2.05) is 18.2 Å². The Morgan fingerprint density at radius 3 is 1.65 bits per heavy atom. The van der Waals surface area contributed by atoms with Gasteiger partial charge >= 0.3 is 0 Å². The first-order valence-electron chi connectivity index (χ1n) is 7.17. The highest BCUT2D eigenvalue weighted by atomic mass is 16.3. The number of hydrogen-bond donors (Lipinski definition) is 2. The van der Waals surface area contributed by atoms with Crippen LogP contribution in [0.3, 0.4) is 0 Å². The lowest BCUT2D eigenvalue weighted by atomic mass is 9.78. The summed E-state index contributed by atoms with van der Waals surface area (Å²) in [6, 6.07) is 4.01. The van der Waals surface area contributed by atoms with Crippen LogP contribution in [-0.4, -0.2) is 16.3 Å². The van der Waals surface area contributed by atoms with Crippen molar-refractivity contribution in [1.82, 2.24) is 0 Å². The Morgan fingerprint density at radius 2 is 1.35 bits per heavy atom. The lowest BCUT2D eigenvalue weighted by Crippen LogP contribution is -2.17. The SMILES string of the molecule is CC(O)C=Cc1cc(C(C)(C)C)c(O)c(C(C)(C)C)c1. The van der Waals surface area contributed by atoms with Gasteiger partial charge in [-0.05, 0) is 35.4 Å². The van der Waals surface area contributed by atoms with Gasteiger partial charge in [0, 0.05) is 11.1 Å². The van der Waals surface area contributed by atoms with Gasteiger partial charge in [0.1, 0.15) is 5.75 Å². The number of aliphatic hydroxyl groups is 1. The normalized spacial score (nSPS) is 14.8. The second kappa shape index (κ2) is 5.61. The molecule has 1 unspecified atom stereocenters. The van der Waals surface area contributed by atoms with Crippen molar-refractivity contribution in [2.45, 2.75) is 65.4 Å². The maximum Gasteiger partial charge on any atom is 0.123 e. The van der Waals surface area contributed by atoms with E-state index in [4.69, 9.17) is 0 Å². The first kappa shape index (κ1) is 16.8. The van der Waals surface area contributed by atoms with Crippen molar-refractivity contribution in [1.29, 1.82) is 0 Å². The molecule has 0 radical (unpaired) electrons. The number of benzene rings is 1. The van der Waals surface area contributed by atoms with Crippen LogP contribution in [0.5, 0.6) is 5.75 Å². The highest BCUT2D eigenvalue weighted by Crippen LogP contribution is 2.39. The fraction of sp³-hybridized carbons (Fsp3) is 0.556. The van der Waals surface area contributed by atoms with Crippen molar-refractivity contribution in [3.05, 3.63) is 34.9 Å². The minimum atomic E-state index is -0.472. The van der Waals surface area contributed by atoms with Crippen molar-refractivity contribution in [3.63, 3.8) is 0 Å². The van der Waals surface area contributed by atoms with E-state index < -0.39 is 6.10 Å². The Hall–Kier alpha value is -1.28. The molecule has 0 aliphatic carbocycles. The van der Waals surface area contributed by atoms with E-state index in [1.54, 1.807) is 13.0 Å². The van der Waals surface area contributed by atoms with E-state index in [0.717, 1.165) is 16.7 Å².